The molecule has 5 aromatic rings. The maximum absolute atomic E-state index is 13.8. The van der Waals surface area contributed by atoms with E-state index in [1.807, 2.05) is 53.9 Å². The number of hydrogen-bond donors (Lipinski definition) is 0. The molecule has 0 radical (unpaired) electrons. The van der Waals surface area contributed by atoms with Gasteiger partial charge in [-0.25, -0.2) is 9.78 Å². The summed E-state index contributed by atoms with van der Waals surface area (Å²) in [6.07, 6.45) is 0. The Morgan fingerprint density at radius 1 is 1.00 bits per heavy atom. The molecule has 0 N–H and O–H groups in total. The average Bonchev–Trinajstić information content (AvgIpc) is 3.25. The Labute approximate surface area is 188 Å². The number of ether oxygens (including phenoxy) is 1. The van der Waals surface area contributed by atoms with Crippen molar-refractivity contribution in [3.8, 4) is 11.1 Å². The van der Waals surface area contributed by atoms with Crippen LogP contribution in [-0.2, 0) is 9.53 Å². The average molecular weight is 441 g/mol. The standard InChI is InChI=1S/C26H20N2O3S/c1-16-27-24-22(21(15-32-24)20-13-12-17-8-6-7-11-19(17)14-20)25(29)28(16)23(26(30)31-2)18-9-4-3-5-10-18/h3-15,23H,1-2H3. The molecule has 6 heteroatoms. The summed E-state index contributed by atoms with van der Waals surface area (Å²) in [6, 6.07) is 22.5. The van der Waals surface area contributed by atoms with Gasteiger partial charge in [0.2, 0.25) is 0 Å². The van der Waals surface area contributed by atoms with Crippen molar-refractivity contribution in [1.29, 1.82) is 0 Å². The zero-order chi connectivity index (χ0) is 22.2. The van der Waals surface area contributed by atoms with Gasteiger partial charge in [-0.2, -0.15) is 0 Å². The van der Waals surface area contributed by atoms with Crippen molar-refractivity contribution in [3.63, 3.8) is 0 Å². The monoisotopic (exact) mass is 440 g/mol. The van der Waals surface area contributed by atoms with Crippen molar-refractivity contribution in [2.75, 3.05) is 7.11 Å². The van der Waals surface area contributed by atoms with Crippen molar-refractivity contribution in [3.05, 3.63) is 99.9 Å². The molecule has 0 saturated heterocycles. The first-order valence-electron chi connectivity index (χ1n) is 10.2. The van der Waals surface area contributed by atoms with Crippen molar-refractivity contribution < 1.29 is 9.53 Å². The third-order valence-corrected chi connectivity index (χ3v) is 6.55. The zero-order valence-electron chi connectivity index (χ0n) is 17.6. The summed E-state index contributed by atoms with van der Waals surface area (Å²) >= 11 is 1.43. The number of aromatic nitrogens is 2. The van der Waals surface area contributed by atoms with Crippen molar-refractivity contribution in [2.45, 2.75) is 13.0 Å². The number of benzene rings is 3. The van der Waals surface area contributed by atoms with Crippen LogP contribution in [0.4, 0.5) is 0 Å². The lowest BCUT2D eigenvalue weighted by Gasteiger charge is -2.20. The highest BCUT2D eigenvalue weighted by molar-refractivity contribution is 7.17. The fourth-order valence-electron chi connectivity index (χ4n) is 4.12. The molecule has 0 bridgehead atoms. The van der Waals surface area contributed by atoms with Crippen molar-refractivity contribution in [2.24, 2.45) is 0 Å². The van der Waals surface area contributed by atoms with Gasteiger partial charge in [-0.05, 0) is 34.9 Å². The number of fused-ring (bicyclic) bond motifs is 2. The summed E-state index contributed by atoms with van der Waals surface area (Å²) in [4.78, 5) is 31.9. The summed E-state index contributed by atoms with van der Waals surface area (Å²) in [5, 5.41) is 4.71. The molecule has 158 valence electrons. The molecule has 3 aromatic carbocycles. The van der Waals surface area contributed by atoms with Crippen LogP contribution in [0.1, 0.15) is 17.4 Å². The number of rotatable bonds is 4. The number of nitrogens with zero attached hydrogens (tertiary/aromatic N) is 2. The lowest BCUT2D eigenvalue weighted by atomic mass is 10.0. The number of carbonyl (C=O) groups is 1. The second-order valence-corrected chi connectivity index (χ2v) is 8.42. The van der Waals surface area contributed by atoms with E-state index in [-0.39, 0.29) is 5.56 Å². The lowest BCUT2D eigenvalue weighted by Crippen LogP contribution is -2.33. The minimum atomic E-state index is -0.907. The van der Waals surface area contributed by atoms with Gasteiger partial charge in [0.25, 0.3) is 5.56 Å². The largest absolute Gasteiger partial charge is 0.467 e. The van der Waals surface area contributed by atoms with Gasteiger partial charge in [0.05, 0.1) is 12.5 Å². The van der Waals surface area contributed by atoms with Crippen LogP contribution in [0.5, 0.6) is 0 Å². The van der Waals surface area contributed by atoms with E-state index >= 15 is 0 Å². The first-order valence-corrected chi connectivity index (χ1v) is 11.1. The molecule has 0 aliphatic rings. The molecule has 32 heavy (non-hydrogen) atoms. The maximum atomic E-state index is 13.8. The zero-order valence-corrected chi connectivity index (χ0v) is 18.4. The predicted octanol–water partition coefficient (Wildman–Crippen LogP) is 5.35. The second kappa shape index (κ2) is 8.05. The van der Waals surface area contributed by atoms with Crippen LogP contribution in [0.2, 0.25) is 0 Å². The first-order chi connectivity index (χ1) is 15.6. The van der Waals surface area contributed by atoms with Crippen LogP contribution < -0.4 is 5.56 Å². The Morgan fingerprint density at radius 3 is 2.47 bits per heavy atom. The Balaban J connectivity index is 1.76. The molecule has 2 aromatic heterocycles. The number of hydrogen-bond acceptors (Lipinski definition) is 5. The van der Waals surface area contributed by atoms with Gasteiger partial charge >= 0.3 is 5.97 Å². The molecule has 0 aliphatic carbocycles. The number of esters is 1. The Bertz CT molecular complexity index is 1520. The predicted molar refractivity (Wildman–Crippen MR) is 128 cm³/mol. The highest BCUT2D eigenvalue weighted by Crippen LogP contribution is 2.33. The van der Waals surface area contributed by atoms with E-state index in [4.69, 9.17) is 4.74 Å². The van der Waals surface area contributed by atoms with E-state index in [1.54, 1.807) is 6.92 Å². The van der Waals surface area contributed by atoms with E-state index in [1.165, 1.54) is 23.0 Å². The summed E-state index contributed by atoms with van der Waals surface area (Å²) < 4.78 is 6.51. The Hall–Kier alpha value is -3.77. The van der Waals surface area contributed by atoms with Gasteiger partial charge in [0, 0.05) is 10.9 Å². The van der Waals surface area contributed by atoms with Gasteiger partial charge in [-0.1, -0.05) is 66.7 Å². The van der Waals surface area contributed by atoms with Crippen molar-refractivity contribution >= 4 is 38.3 Å². The maximum Gasteiger partial charge on any atom is 0.333 e. The van der Waals surface area contributed by atoms with E-state index in [0.29, 0.717) is 21.6 Å². The summed E-state index contributed by atoms with van der Waals surface area (Å²) in [5.74, 6) is -0.0429. The first kappa shape index (κ1) is 20.2. The SMILES string of the molecule is COC(=O)C(c1ccccc1)n1c(C)nc2scc(-c3ccc4ccccc4c3)c2c1=O. The van der Waals surface area contributed by atoms with Gasteiger partial charge in [-0.15, -0.1) is 11.3 Å². The van der Waals surface area contributed by atoms with E-state index in [2.05, 4.69) is 29.2 Å². The van der Waals surface area contributed by atoms with Gasteiger partial charge < -0.3 is 4.74 Å². The summed E-state index contributed by atoms with van der Waals surface area (Å²) in [7, 11) is 1.33. The molecule has 5 nitrogen and oxygen atoms in total. The molecule has 1 atom stereocenters. The Kier molecular flexibility index (Phi) is 5.07. The fraction of sp³-hybridized carbons (Fsp3) is 0.115. The van der Waals surface area contributed by atoms with Crippen LogP contribution >= 0.6 is 11.3 Å². The highest BCUT2D eigenvalue weighted by Gasteiger charge is 2.28. The highest BCUT2D eigenvalue weighted by atomic mass is 32.1. The molecule has 5 rings (SSSR count). The number of thiophene rings is 1. The molecule has 2 heterocycles. The number of aryl methyl sites for hydroxylation is 1. The van der Waals surface area contributed by atoms with Crippen LogP contribution in [-0.4, -0.2) is 22.6 Å². The van der Waals surface area contributed by atoms with Crippen LogP contribution in [0, 0.1) is 6.92 Å². The smallest absolute Gasteiger partial charge is 0.333 e. The third kappa shape index (κ3) is 3.29. The van der Waals surface area contributed by atoms with E-state index in [0.717, 1.165) is 21.9 Å². The molecular weight excluding hydrogens is 420 g/mol. The fourth-order valence-corrected chi connectivity index (χ4v) is 5.10. The molecule has 0 spiro atoms. The summed E-state index contributed by atoms with van der Waals surface area (Å²) in [6.45, 7) is 1.75. The Morgan fingerprint density at radius 2 is 1.72 bits per heavy atom. The summed E-state index contributed by atoms with van der Waals surface area (Å²) in [5.41, 5.74) is 2.18. The number of methoxy groups -OCH3 is 1. The quantitative estimate of drug-likeness (QED) is 0.354. The molecule has 0 fully saturated rings. The molecule has 0 amide bonds. The van der Waals surface area contributed by atoms with Crippen LogP contribution in [0.25, 0.3) is 32.1 Å². The van der Waals surface area contributed by atoms with Crippen LogP contribution in [0.3, 0.4) is 0 Å². The number of carbonyl (C=O) groups excluding carboxylic acids is 1. The molecule has 1 unspecified atom stereocenters. The van der Waals surface area contributed by atoms with E-state index < -0.39 is 12.0 Å². The second-order valence-electron chi connectivity index (χ2n) is 7.56. The lowest BCUT2D eigenvalue weighted by molar-refractivity contribution is -0.143. The van der Waals surface area contributed by atoms with E-state index in [9.17, 15) is 9.59 Å². The van der Waals surface area contributed by atoms with Gasteiger partial charge in [-0.3, -0.25) is 9.36 Å². The van der Waals surface area contributed by atoms with Crippen LogP contribution in [0.15, 0.2) is 83.0 Å². The third-order valence-electron chi connectivity index (χ3n) is 5.67. The minimum absolute atomic E-state index is 0.254. The van der Waals surface area contributed by atoms with Gasteiger partial charge in [0.1, 0.15) is 10.7 Å². The van der Waals surface area contributed by atoms with Crippen molar-refractivity contribution in [1.82, 2.24) is 9.55 Å². The molecule has 0 aliphatic heterocycles. The van der Waals surface area contributed by atoms with Gasteiger partial charge in [0.15, 0.2) is 6.04 Å². The topological polar surface area (TPSA) is 61.2 Å². The molecular formula is C26H20N2O3S. The molecule has 0 saturated carbocycles. The minimum Gasteiger partial charge on any atom is -0.467 e. The normalized spacial score (nSPS) is 12.2.